The summed E-state index contributed by atoms with van der Waals surface area (Å²) in [5.74, 6) is 1.95. The van der Waals surface area contributed by atoms with Gasteiger partial charge in [0.25, 0.3) is 0 Å². The van der Waals surface area contributed by atoms with Gasteiger partial charge in [0.1, 0.15) is 0 Å². The Balaban J connectivity index is 2.85. The van der Waals surface area contributed by atoms with Gasteiger partial charge in [-0.05, 0) is 5.92 Å². The number of nitrogen functional groups attached to an aromatic ring is 1. The fourth-order valence-corrected chi connectivity index (χ4v) is 1.48. The predicted octanol–water partition coefficient (Wildman–Crippen LogP) is 2.74. The van der Waals surface area contributed by atoms with Gasteiger partial charge in [-0.25, -0.2) is 0 Å². The van der Waals surface area contributed by atoms with Gasteiger partial charge < -0.3 is 20.5 Å². The Bertz CT molecular complexity index is 367. The molecule has 4 nitrogen and oxygen atoms in total. The molecule has 0 saturated heterocycles. The van der Waals surface area contributed by atoms with Gasteiger partial charge in [0.15, 0.2) is 11.5 Å². The van der Waals surface area contributed by atoms with Gasteiger partial charge in [0.2, 0.25) is 0 Å². The second kappa shape index (κ2) is 6.23. The SMILES string of the molecule is CCC(C)CNc1cc(OC)c(OC)cc1N. The maximum Gasteiger partial charge on any atom is 0.162 e. The van der Waals surface area contributed by atoms with E-state index in [1.807, 2.05) is 6.07 Å². The zero-order chi connectivity index (χ0) is 12.8. The molecule has 0 aliphatic carbocycles. The lowest BCUT2D eigenvalue weighted by Crippen LogP contribution is -2.11. The highest BCUT2D eigenvalue weighted by Gasteiger charge is 2.09. The molecule has 0 saturated carbocycles. The third-order valence-corrected chi connectivity index (χ3v) is 2.89. The Morgan fingerprint density at radius 1 is 1.24 bits per heavy atom. The van der Waals surface area contributed by atoms with Crippen LogP contribution in [0.15, 0.2) is 12.1 Å². The number of ether oxygens (including phenoxy) is 2. The second-order valence-electron chi connectivity index (χ2n) is 4.19. The summed E-state index contributed by atoms with van der Waals surface area (Å²) in [7, 11) is 3.22. The van der Waals surface area contributed by atoms with Crippen LogP contribution in [0.2, 0.25) is 0 Å². The second-order valence-corrected chi connectivity index (χ2v) is 4.19. The lowest BCUT2D eigenvalue weighted by Gasteiger charge is -2.16. The van der Waals surface area contributed by atoms with E-state index in [4.69, 9.17) is 15.2 Å². The summed E-state index contributed by atoms with van der Waals surface area (Å²) in [6.07, 6.45) is 1.14. The van der Waals surface area contributed by atoms with Crippen LogP contribution in [-0.4, -0.2) is 20.8 Å². The molecule has 0 spiro atoms. The Morgan fingerprint density at radius 2 is 1.82 bits per heavy atom. The summed E-state index contributed by atoms with van der Waals surface area (Å²) in [6.45, 7) is 5.27. The molecule has 4 heteroatoms. The molecule has 17 heavy (non-hydrogen) atoms. The number of hydrogen-bond donors (Lipinski definition) is 2. The molecule has 0 fully saturated rings. The van der Waals surface area contributed by atoms with Crippen molar-refractivity contribution in [3.8, 4) is 11.5 Å². The molecular formula is C13H22N2O2. The minimum atomic E-state index is 0.613. The lowest BCUT2D eigenvalue weighted by molar-refractivity contribution is 0.355. The predicted molar refractivity (Wildman–Crippen MR) is 71.9 cm³/mol. The van der Waals surface area contributed by atoms with Crippen LogP contribution in [0.3, 0.4) is 0 Å². The van der Waals surface area contributed by atoms with Gasteiger partial charge >= 0.3 is 0 Å². The van der Waals surface area contributed by atoms with E-state index in [1.165, 1.54) is 0 Å². The topological polar surface area (TPSA) is 56.5 Å². The van der Waals surface area contributed by atoms with E-state index >= 15 is 0 Å². The molecule has 1 atom stereocenters. The molecule has 0 bridgehead atoms. The van der Waals surface area contributed by atoms with Crippen molar-refractivity contribution in [2.24, 2.45) is 5.92 Å². The smallest absolute Gasteiger partial charge is 0.162 e. The van der Waals surface area contributed by atoms with Gasteiger partial charge in [-0.3, -0.25) is 0 Å². The normalized spacial score (nSPS) is 12.0. The van der Waals surface area contributed by atoms with Crippen molar-refractivity contribution in [3.63, 3.8) is 0 Å². The van der Waals surface area contributed by atoms with Gasteiger partial charge in [-0.15, -0.1) is 0 Å². The number of benzene rings is 1. The highest BCUT2D eigenvalue weighted by Crippen LogP contribution is 2.34. The molecule has 0 aromatic heterocycles. The van der Waals surface area contributed by atoms with Crippen molar-refractivity contribution in [3.05, 3.63) is 12.1 Å². The first-order valence-electron chi connectivity index (χ1n) is 5.87. The first kappa shape index (κ1) is 13.5. The van der Waals surface area contributed by atoms with Crippen LogP contribution in [0.4, 0.5) is 11.4 Å². The van der Waals surface area contributed by atoms with Gasteiger partial charge in [0, 0.05) is 18.7 Å². The maximum absolute atomic E-state index is 5.95. The Morgan fingerprint density at radius 3 is 2.35 bits per heavy atom. The molecule has 0 heterocycles. The molecule has 96 valence electrons. The molecule has 0 amide bonds. The van der Waals surface area contributed by atoms with E-state index in [1.54, 1.807) is 20.3 Å². The summed E-state index contributed by atoms with van der Waals surface area (Å²) in [4.78, 5) is 0. The summed E-state index contributed by atoms with van der Waals surface area (Å²) in [5, 5.41) is 3.33. The molecule has 1 aromatic carbocycles. The first-order valence-corrected chi connectivity index (χ1v) is 5.87. The Labute approximate surface area is 103 Å². The molecule has 0 aliphatic rings. The summed E-state index contributed by atoms with van der Waals surface area (Å²) >= 11 is 0. The standard InChI is InChI=1S/C13H22N2O2/c1-5-9(2)8-15-11-7-13(17-4)12(16-3)6-10(11)14/h6-7,9,15H,5,8,14H2,1-4H3. The Kier molecular flexibility index (Phi) is 4.94. The van der Waals surface area contributed by atoms with Crippen molar-refractivity contribution in [1.29, 1.82) is 0 Å². The highest BCUT2D eigenvalue weighted by atomic mass is 16.5. The number of anilines is 2. The monoisotopic (exact) mass is 238 g/mol. The summed E-state index contributed by atoms with van der Waals surface area (Å²) in [6, 6.07) is 3.65. The maximum atomic E-state index is 5.95. The fourth-order valence-electron chi connectivity index (χ4n) is 1.48. The number of hydrogen-bond acceptors (Lipinski definition) is 4. The van der Waals surface area contributed by atoms with Crippen LogP contribution in [0.1, 0.15) is 20.3 Å². The Hall–Kier alpha value is -1.58. The molecule has 1 aromatic rings. The quantitative estimate of drug-likeness (QED) is 0.748. The van der Waals surface area contributed by atoms with E-state index < -0.39 is 0 Å². The van der Waals surface area contributed by atoms with Crippen molar-refractivity contribution < 1.29 is 9.47 Å². The van der Waals surface area contributed by atoms with Crippen molar-refractivity contribution in [2.75, 3.05) is 31.8 Å². The molecule has 3 N–H and O–H groups in total. The summed E-state index contributed by atoms with van der Waals surface area (Å²) < 4.78 is 10.4. The van der Waals surface area contributed by atoms with Gasteiger partial charge in [-0.1, -0.05) is 20.3 Å². The van der Waals surface area contributed by atoms with Gasteiger partial charge in [0.05, 0.1) is 25.6 Å². The van der Waals surface area contributed by atoms with Crippen LogP contribution < -0.4 is 20.5 Å². The fraction of sp³-hybridized carbons (Fsp3) is 0.538. The minimum Gasteiger partial charge on any atom is -0.493 e. The first-order chi connectivity index (χ1) is 8.12. The number of rotatable bonds is 6. The van der Waals surface area contributed by atoms with Crippen LogP contribution in [0.25, 0.3) is 0 Å². The van der Waals surface area contributed by atoms with Crippen molar-refractivity contribution in [2.45, 2.75) is 20.3 Å². The third kappa shape index (κ3) is 3.44. The average Bonchev–Trinajstić information content (AvgIpc) is 2.36. The largest absolute Gasteiger partial charge is 0.493 e. The lowest BCUT2D eigenvalue weighted by atomic mass is 10.1. The van der Waals surface area contributed by atoms with E-state index in [9.17, 15) is 0 Å². The number of nitrogens with two attached hydrogens (primary N) is 1. The number of methoxy groups -OCH3 is 2. The zero-order valence-electron chi connectivity index (χ0n) is 11.0. The average molecular weight is 238 g/mol. The van der Waals surface area contributed by atoms with Crippen LogP contribution in [0, 0.1) is 5.92 Å². The van der Waals surface area contributed by atoms with Crippen LogP contribution in [-0.2, 0) is 0 Å². The summed E-state index contributed by atoms with van der Waals surface area (Å²) in [5.41, 5.74) is 7.51. The minimum absolute atomic E-state index is 0.613. The molecule has 1 unspecified atom stereocenters. The molecule has 0 radical (unpaired) electrons. The number of nitrogens with one attached hydrogen (secondary N) is 1. The van der Waals surface area contributed by atoms with Gasteiger partial charge in [-0.2, -0.15) is 0 Å². The van der Waals surface area contributed by atoms with Crippen molar-refractivity contribution in [1.82, 2.24) is 0 Å². The van der Waals surface area contributed by atoms with E-state index in [0.717, 1.165) is 18.7 Å². The van der Waals surface area contributed by atoms with Crippen LogP contribution in [0.5, 0.6) is 11.5 Å². The van der Waals surface area contributed by atoms with E-state index in [0.29, 0.717) is 23.1 Å². The zero-order valence-corrected chi connectivity index (χ0v) is 11.0. The molecule has 1 rings (SSSR count). The third-order valence-electron chi connectivity index (χ3n) is 2.89. The molecule has 0 aliphatic heterocycles. The highest BCUT2D eigenvalue weighted by molar-refractivity contribution is 5.72. The van der Waals surface area contributed by atoms with Crippen molar-refractivity contribution >= 4 is 11.4 Å². The van der Waals surface area contributed by atoms with E-state index in [2.05, 4.69) is 19.2 Å². The van der Waals surface area contributed by atoms with E-state index in [-0.39, 0.29) is 0 Å². The van der Waals surface area contributed by atoms with Crippen LogP contribution >= 0.6 is 0 Å². The molecular weight excluding hydrogens is 216 g/mol.